The van der Waals surface area contributed by atoms with Crippen LogP contribution in [0.15, 0.2) is 66.9 Å². The average molecular weight is 485 g/mol. The molecule has 170 valence electrons. The van der Waals surface area contributed by atoms with Gasteiger partial charge in [0.15, 0.2) is 17.2 Å². The molecule has 0 aliphatic carbocycles. The quantitative estimate of drug-likeness (QED) is 0.262. The molecule has 33 heavy (non-hydrogen) atoms. The predicted octanol–water partition coefficient (Wildman–Crippen LogP) is 6.84. The molecule has 0 saturated heterocycles. The Balaban J connectivity index is 1.39. The molecule has 3 aromatic carbocycles. The van der Waals surface area contributed by atoms with E-state index in [1.165, 1.54) is 0 Å². The minimum Gasteiger partial charge on any atom is -0.493 e. The predicted molar refractivity (Wildman–Crippen MR) is 132 cm³/mol. The van der Waals surface area contributed by atoms with Crippen LogP contribution < -0.4 is 24.3 Å². The maximum absolute atomic E-state index is 6.12. The molecule has 4 rings (SSSR count). The highest BCUT2D eigenvalue weighted by molar-refractivity contribution is 6.37. The number of methoxy groups -OCH3 is 2. The van der Waals surface area contributed by atoms with Crippen LogP contribution in [0.1, 0.15) is 0 Å². The number of halogens is 2. The standard InChI is InChI=1S/C25H22Cl2N2O4/c1-30-23-14-18-21(15-24(23)31-2)29-11-10-22(18)33-17-8-6-16(7-9-17)28-12-13-32-25-19(26)4-3-5-20(25)27/h3-11,14-15,28H,12-13H2,1-2H3. The van der Waals surface area contributed by atoms with E-state index in [9.17, 15) is 0 Å². The molecule has 0 bridgehead atoms. The van der Waals surface area contributed by atoms with Crippen LogP contribution in [0.3, 0.4) is 0 Å². The first-order chi connectivity index (χ1) is 16.1. The molecule has 0 aliphatic heterocycles. The second-order valence-electron chi connectivity index (χ2n) is 6.99. The van der Waals surface area contributed by atoms with Gasteiger partial charge in [0.1, 0.15) is 18.1 Å². The summed E-state index contributed by atoms with van der Waals surface area (Å²) in [5, 5.41) is 5.10. The van der Waals surface area contributed by atoms with Gasteiger partial charge in [-0.25, -0.2) is 0 Å². The van der Waals surface area contributed by atoms with E-state index < -0.39 is 0 Å². The van der Waals surface area contributed by atoms with Crippen molar-refractivity contribution in [1.82, 2.24) is 4.98 Å². The van der Waals surface area contributed by atoms with Crippen molar-refractivity contribution in [2.75, 3.05) is 32.7 Å². The second kappa shape index (κ2) is 10.5. The molecular formula is C25H22Cl2N2O4. The lowest BCUT2D eigenvalue weighted by Crippen LogP contribution is -2.11. The molecule has 0 saturated carbocycles. The zero-order valence-electron chi connectivity index (χ0n) is 18.1. The molecule has 0 spiro atoms. The van der Waals surface area contributed by atoms with Crippen LogP contribution in [0.5, 0.6) is 28.7 Å². The smallest absolute Gasteiger partial charge is 0.162 e. The van der Waals surface area contributed by atoms with Crippen molar-refractivity contribution < 1.29 is 18.9 Å². The zero-order valence-corrected chi connectivity index (χ0v) is 19.6. The van der Waals surface area contributed by atoms with Gasteiger partial charge in [-0.15, -0.1) is 0 Å². The Morgan fingerprint density at radius 1 is 0.848 bits per heavy atom. The molecule has 1 N–H and O–H groups in total. The number of nitrogens with one attached hydrogen (secondary N) is 1. The summed E-state index contributed by atoms with van der Waals surface area (Å²) in [4.78, 5) is 4.40. The number of fused-ring (bicyclic) bond motifs is 1. The number of nitrogens with zero attached hydrogens (tertiary/aromatic N) is 1. The van der Waals surface area contributed by atoms with Gasteiger partial charge >= 0.3 is 0 Å². The number of benzene rings is 3. The highest BCUT2D eigenvalue weighted by atomic mass is 35.5. The van der Waals surface area contributed by atoms with Gasteiger partial charge in [-0.2, -0.15) is 0 Å². The Labute approximate surface area is 202 Å². The molecule has 8 heteroatoms. The fraction of sp³-hybridized carbons (Fsp3) is 0.160. The number of anilines is 1. The van der Waals surface area contributed by atoms with Gasteiger partial charge in [0.2, 0.25) is 0 Å². The van der Waals surface area contributed by atoms with Crippen molar-refractivity contribution >= 4 is 39.8 Å². The number of para-hydroxylation sites is 1. The van der Waals surface area contributed by atoms with Crippen molar-refractivity contribution in [3.05, 3.63) is 76.9 Å². The lowest BCUT2D eigenvalue weighted by atomic mass is 10.2. The maximum atomic E-state index is 6.12. The summed E-state index contributed by atoms with van der Waals surface area (Å²) < 4.78 is 22.6. The molecule has 6 nitrogen and oxygen atoms in total. The Kier molecular flexibility index (Phi) is 7.27. The molecule has 0 unspecified atom stereocenters. The van der Waals surface area contributed by atoms with Crippen molar-refractivity contribution in [2.45, 2.75) is 0 Å². The lowest BCUT2D eigenvalue weighted by Gasteiger charge is -2.13. The largest absolute Gasteiger partial charge is 0.493 e. The summed E-state index contributed by atoms with van der Waals surface area (Å²) in [7, 11) is 3.19. The van der Waals surface area contributed by atoms with E-state index in [0.29, 0.717) is 51.9 Å². The van der Waals surface area contributed by atoms with Crippen molar-refractivity contribution in [3.63, 3.8) is 0 Å². The monoisotopic (exact) mass is 484 g/mol. The van der Waals surface area contributed by atoms with E-state index in [2.05, 4.69) is 10.3 Å². The first kappa shape index (κ1) is 22.8. The highest BCUT2D eigenvalue weighted by Gasteiger charge is 2.11. The Morgan fingerprint density at radius 3 is 2.24 bits per heavy atom. The third-order valence-corrected chi connectivity index (χ3v) is 5.48. The number of rotatable bonds is 9. The fourth-order valence-corrected chi connectivity index (χ4v) is 3.78. The molecule has 0 atom stereocenters. The molecule has 0 aliphatic rings. The summed E-state index contributed by atoms with van der Waals surface area (Å²) in [6, 6.07) is 18.4. The lowest BCUT2D eigenvalue weighted by molar-refractivity contribution is 0.333. The van der Waals surface area contributed by atoms with Crippen molar-refractivity contribution in [2.24, 2.45) is 0 Å². The van der Waals surface area contributed by atoms with Gasteiger partial charge in [-0.3, -0.25) is 4.98 Å². The average Bonchev–Trinajstić information content (AvgIpc) is 2.83. The van der Waals surface area contributed by atoms with Crippen LogP contribution in [0.25, 0.3) is 10.9 Å². The van der Waals surface area contributed by atoms with Crippen LogP contribution in [0.2, 0.25) is 10.0 Å². The third-order valence-electron chi connectivity index (χ3n) is 4.89. The van der Waals surface area contributed by atoms with Crippen LogP contribution >= 0.6 is 23.2 Å². The van der Waals surface area contributed by atoms with E-state index in [-0.39, 0.29) is 0 Å². The number of ether oxygens (including phenoxy) is 4. The molecule has 1 heterocycles. The molecule has 0 amide bonds. The van der Waals surface area contributed by atoms with E-state index >= 15 is 0 Å². The van der Waals surface area contributed by atoms with Crippen LogP contribution in [-0.2, 0) is 0 Å². The highest BCUT2D eigenvalue weighted by Crippen LogP contribution is 2.37. The molecule has 1 aromatic heterocycles. The SMILES string of the molecule is COc1cc2nccc(Oc3ccc(NCCOc4c(Cl)cccc4Cl)cc3)c2cc1OC. The van der Waals surface area contributed by atoms with Gasteiger partial charge < -0.3 is 24.3 Å². The Bertz CT molecular complexity index is 1230. The molecule has 4 aromatic rings. The summed E-state index contributed by atoms with van der Waals surface area (Å²) in [5.74, 6) is 3.09. The number of pyridine rings is 1. The van der Waals surface area contributed by atoms with Crippen molar-refractivity contribution in [1.29, 1.82) is 0 Å². The number of aromatic nitrogens is 1. The van der Waals surface area contributed by atoms with Crippen LogP contribution in [0, 0.1) is 0 Å². The van der Waals surface area contributed by atoms with E-state index in [0.717, 1.165) is 16.6 Å². The fourth-order valence-electron chi connectivity index (χ4n) is 3.27. The summed E-state index contributed by atoms with van der Waals surface area (Å²) in [6.45, 7) is 0.994. The van der Waals surface area contributed by atoms with Crippen molar-refractivity contribution in [3.8, 4) is 28.7 Å². The molecule has 0 radical (unpaired) electrons. The van der Waals surface area contributed by atoms with E-state index in [1.54, 1.807) is 38.6 Å². The topological polar surface area (TPSA) is 61.8 Å². The summed E-state index contributed by atoms with van der Waals surface area (Å²) in [6.07, 6.45) is 1.70. The number of hydrogen-bond acceptors (Lipinski definition) is 6. The van der Waals surface area contributed by atoms with Crippen LogP contribution in [0.4, 0.5) is 5.69 Å². The normalized spacial score (nSPS) is 10.7. The molecular weight excluding hydrogens is 463 g/mol. The molecule has 0 fully saturated rings. The van der Waals surface area contributed by atoms with Crippen LogP contribution in [-0.4, -0.2) is 32.4 Å². The van der Waals surface area contributed by atoms with Gasteiger partial charge in [0.05, 0.1) is 29.8 Å². The van der Waals surface area contributed by atoms with Gasteiger partial charge in [0.25, 0.3) is 0 Å². The van der Waals surface area contributed by atoms with Gasteiger partial charge in [0, 0.05) is 29.9 Å². The summed E-state index contributed by atoms with van der Waals surface area (Å²) in [5.41, 5.74) is 1.68. The van der Waals surface area contributed by atoms with Gasteiger partial charge in [-0.1, -0.05) is 29.3 Å². The summed E-state index contributed by atoms with van der Waals surface area (Å²) >= 11 is 12.2. The van der Waals surface area contributed by atoms with Gasteiger partial charge in [-0.05, 0) is 48.5 Å². The minimum atomic E-state index is 0.413. The number of hydrogen-bond donors (Lipinski definition) is 1. The zero-order chi connectivity index (χ0) is 23.2. The maximum Gasteiger partial charge on any atom is 0.162 e. The Hall–Kier alpha value is -3.35. The first-order valence-corrected chi connectivity index (χ1v) is 10.9. The van der Waals surface area contributed by atoms with E-state index in [4.69, 9.17) is 42.1 Å². The Morgan fingerprint density at radius 2 is 1.55 bits per heavy atom. The minimum absolute atomic E-state index is 0.413. The third kappa shape index (κ3) is 5.35. The van der Waals surface area contributed by atoms with E-state index in [1.807, 2.05) is 42.5 Å². The second-order valence-corrected chi connectivity index (χ2v) is 7.80. The first-order valence-electron chi connectivity index (χ1n) is 10.2.